The van der Waals surface area contributed by atoms with E-state index in [9.17, 15) is 10.1 Å². The molecule has 0 fully saturated rings. The molecule has 0 radical (unpaired) electrons. The zero-order valence-electron chi connectivity index (χ0n) is 10.5. The molecule has 0 spiro atoms. The van der Waals surface area contributed by atoms with Crippen molar-refractivity contribution >= 4 is 0 Å². The third-order valence-corrected chi connectivity index (χ3v) is 1.60. The highest BCUT2D eigenvalue weighted by Gasteiger charge is 2.13. The first-order valence-electron chi connectivity index (χ1n) is 5.21. The molecule has 0 saturated heterocycles. The smallest absolute Gasteiger partial charge is 0.235 e. The van der Waals surface area contributed by atoms with E-state index in [4.69, 9.17) is 10.1 Å². The summed E-state index contributed by atoms with van der Waals surface area (Å²) in [5.41, 5.74) is 0.748. The first-order chi connectivity index (χ1) is 7.95. The fourth-order valence-corrected chi connectivity index (χ4v) is 0.853. The van der Waals surface area contributed by atoms with Crippen molar-refractivity contribution in [3.05, 3.63) is 56.1 Å². The lowest BCUT2D eigenvalue weighted by atomic mass is 10.1. The fourth-order valence-electron chi connectivity index (χ4n) is 0.853. The minimum atomic E-state index is -0.601. The van der Waals surface area contributed by atoms with E-state index in [-0.39, 0.29) is 4.92 Å². The fraction of sp³-hybridized carbons (Fsp3) is 0.455. The maximum absolute atomic E-state index is 10.3. The first-order valence-corrected chi connectivity index (χ1v) is 5.21. The van der Waals surface area contributed by atoms with Gasteiger partial charge in [-0.3, -0.25) is 20.2 Å². The van der Waals surface area contributed by atoms with Gasteiger partial charge in [0.1, 0.15) is 0 Å². The summed E-state index contributed by atoms with van der Waals surface area (Å²) in [7, 11) is 0.889. The lowest BCUT2D eigenvalue weighted by Gasteiger charge is -2.01. The number of nitrogens with zero attached hydrogens (tertiary/aromatic N) is 2. The average Bonchev–Trinajstić information content (AvgIpc) is 2.31. The molecule has 0 bridgehead atoms. The summed E-state index contributed by atoms with van der Waals surface area (Å²) >= 11 is 0. The summed E-state index contributed by atoms with van der Waals surface area (Å²) < 4.78 is 0. The van der Waals surface area contributed by atoms with Crippen LogP contribution in [0.2, 0.25) is 0 Å². The number of hydrogen-bond acceptors (Lipinski definition) is 4. The number of nitro groups is 2. The average molecular weight is 242 g/mol. The van der Waals surface area contributed by atoms with Crippen LogP contribution in [0.25, 0.3) is 0 Å². The summed E-state index contributed by atoms with van der Waals surface area (Å²) in [4.78, 5) is 18.3. The maximum atomic E-state index is 10.3. The van der Waals surface area contributed by atoms with E-state index in [2.05, 4.69) is 0 Å². The van der Waals surface area contributed by atoms with Gasteiger partial charge >= 0.3 is 0 Å². The van der Waals surface area contributed by atoms with Gasteiger partial charge in [0.15, 0.2) is 7.05 Å². The van der Waals surface area contributed by atoms with Crippen LogP contribution in [0.15, 0.2) is 30.3 Å². The van der Waals surface area contributed by atoms with Gasteiger partial charge in [-0.1, -0.05) is 44.2 Å². The Kier molecular flexibility index (Phi) is 10.8. The molecule has 6 heteroatoms. The Morgan fingerprint density at radius 1 is 1.06 bits per heavy atom. The van der Waals surface area contributed by atoms with E-state index < -0.39 is 11.0 Å². The Morgan fingerprint density at radius 3 is 1.71 bits per heavy atom. The Bertz CT molecular complexity index is 324. The third-order valence-electron chi connectivity index (χ3n) is 1.60. The predicted octanol–water partition coefficient (Wildman–Crippen LogP) is 2.94. The number of rotatable bonds is 2. The van der Waals surface area contributed by atoms with Gasteiger partial charge in [0.05, 0.1) is 0 Å². The molecule has 0 amide bonds. The molecular weight excluding hydrogens is 224 g/mol. The highest BCUT2D eigenvalue weighted by Crippen LogP contribution is 2.13. The number of benzene rings is 1. The van der Waals surface area contributed by atoms with Crippen LogP contribution in [0.5, 0.6) is 0 Å². The van der Waals surface area contributed by atoms with Crippen molar-refractivity contribution in [1.82, 2.24) is 0 Å². The van der Waals surface area contributed by atoms with Gasteiger partial charge in [0.2, 0.25) is 6.04 Å². The highest BCUT2D eigenvalue weighted by atomic mass is 16.6. The Morgan fingerprint density at radius 2 is 1.41 bits per heavy atom. The Hall–Kier alpha value is -1.98. The highest BCUT2D eigenvalue weighted by molar-refractivity contribution is 5.16. The van der Waals surface area contributed by atoms with Crippen LogP contribution < -0.4 is 0 Å². The third kappa shape index (κ3) is 10.3. The molecule has 0 N–H and O–H groups in total. The van der Waals surface area contributed by atoms with E-state index >= 15 is 0 Å². The van der Waals surface area contributed by atoms with Crippen molar-refractivity contribution in [2.24, 2.45) is 0 Å². The van der Waals surface area contributed by atoms with Gasteiger partial charge in [-0.2, -0.15) is 0 Å². The second-order valence-electron chi connectivity index (χ2n) is 2.81. The van der Waals surface area contributed by atoms with Gasteiger partial charge in [0.25, 0.3) is 0 Å². The van der Waals surface area contributed by atoms with Crippen LogP contribution >= 0.6 is 0 Å². The molecular formula is C11H18N2O4. The van der Waals surface area contributed by atoms with E-state index in [0.717, 1.165) is 12.6 Å². The van der Waals surface area contributed by atoms with Crippen molar-refractivity contribution in [3.8, 4) is 0 Å². The zero-order valence-corrected chi connectivity index (χ0v) is 10.5. The van der Waals surface area contributed by atoms with E-state index in [0.29, 0.717) is 0 Å². The molecule has 1 atom stereocenters. The van der Waals surface area contributed by atoms with E-state index in [1.807, 2.05) is 19.9 Å². The molecule has 1 aromatic rings. The molecule has 0 aliphatic rings. The molecule has 0 saturated carbocycles. The maximum Gasteiger partial charge on any atom is 0.235 e. The lowest BCUT2D eigenvalue weighted by Crippen LogP contribution is -2.05. The summed E-state index contributed by atoms with van der Waals surface area (Å²) in [5.74, 6) is 0. The molecule has 1 aromatic carbocycles. The second kappa shape index (κ2) is 10.5. The molecule has 1 rings (SSSR count). The predicted molar refractivity (Wildman–Crippen MR) is 66.1 cm³/mol. The van der Waals surface area contributed by atoms with Gasteiger partial charge < -0.3 is 0 Å². The molecule has 96 valence electrons. The molecule has 0 heterocycles. The summed E-state index contributed by atoms with van der Waals surface area (Å²) in [6, 6.07) is 8.36. The van der Waals surface area contributed by atoms with Crippen molar-refractivity contribution in [2.75, 3.05) is 7.05 Å². The normalized spacial score (nSPS) is 9.88. The van der Waals surface area contributed by atoms with Crippen LogP contribution in [0.4, 0.5) is 0 Å². The standard InChI is InChI=1S/C8H9NO2.C2H6.CH3NO2/c1-7(9(10)11)8-5-3-2-4-6-8;1-2;1-2(3)4/h2-7H,1H3;1-2H3;1H3. The first kappa shape index (κ1) is 17.4. The van der Waals surface area contributed by atoms with Gasteiger partial charge in [-0.25, -0.2) is 0 Å². The van der Waals surface area contributed by atoms with Crippen LogP contribution in [0.1, 0.15) is 32.4 Å². The lowest BCUT2D eigenvalue weighted by molar-refractivity contribution is -0.524. The molecule has 0 aromatic heterocycles. The minimum Gasteiger partial charge on any atom is -0.265 e. The topological polar surface area (TPSA) is 86.3 Å². The molecule has 0 aliphatic carbocycles. The van der Waals surface area contributed by atoms with Crippen LogP contribution in [-0.4, -0.2) is 16.9 Å². The molecule has 0 aliphatic heterocycles. The summed E-state index contributed by atoms with van der Waals surface area (Å²) in [5, 5.41) is 19.1. The zero-order chi connectivity index (χ0) is 13.8. The van der Waals surface area contributed by atoms with Gasteiger partial charge in [-0.05, 0) is 0 Å². The summed E-state index contributed by atoms with van der Waals surface area (Å²) in [6.45, 7) is 5.58. The molecule has 1 unspecified atom stereocenters. The van der Waals surface area contributed by atoms with E-state index in [1.165, 1.54) is 0 Å². The summed E-state index contributed by atoms with van der Waals surface area (Å²) in [6.07, 6.45) is 0. The Balaban J connectivity index is 0. The monoisotopic (exact) mass is 242 g/mol. The minimum absolute atomic E-state index is 0.296. The quantitative estimate of drug-likeness (QED) is 0.589. The van der Waals surface area contributed by atoms with Crippen molar-refractivity contribution in [1.29, 1.82) is 0 Å². The van der Waals surface area contributed by atoms with Crippen LogP contribution in [0, 0.1) is 20.2 Å². The molecule has 17 heavy (non-hydrogen) atoms. The van der Waals surface area contributed by atoms with Crippen LogP contribution in [0.3, 0.4) is 0 Å². The Labute approximate surface area is 101 Å². The SMILES string of the molecule is CC.CC(c1ccccc1)[N+](=O)[O-].C[N+](=O)[O-]. The van der Waals surface area contributed by atoms with Gasteiger partial charge in [-0.15, -0.1) is 0 Å². The molecule has 6 nitrogen and oxygen atoms in total. The van der Waals surface area contributed by atoms with E-state index in [1.54, 1.807) is 31.2 Å². The second-order valence-corrected chi connectivity index (χ2v) is 2.81. The van der Waals surface area contributed by atoms with Crippen molar-refractivity contribution < 1.29 is 9.85 Å². The van der Waals surface area contributed by atoms with Gasteiger partial charge in [0, 0.05) is 22.3 Å². The number of hydrogen-bond donors (Lipinski definition) is 0. The van der Waals surface area contributed by atoms with Crippen LogP contribution in [-0.2, 0) is 0 Å². The van der Waals surface area contributed by atoms with Crippen molar-refractivity contribution in [3.63, 3.8) is 0 Å². The largest absolute Gasteiger partial charge is 0.265 e. The van der Waals surface area contributed by atoms with Crippen molar-refractivity contribution in [2.45, 2.75) is 26.8 Å².